The first-order chi connectivity index (χ1) is 14.6. The van der Waals surface area contributed by atoms with E-state index in [1.54, 1.807) is 18.2 Å². The normalized spacial score (nSPS) is 10.7. The van der Waals surface area contributed by atoms with Crippen LogP contribution in [0.1, 0.15) is 24.2 Å². The number of aryl methyl sites for hydroxylation is 1. The number of thioether (sulfide) groups is 1. The SMILES string of the molecule is CSc1ccc2c(c1)c(OC(C)=O)c(C(=O)N(C(C)=O)c1ccc(F)cc1)c(=O)n2C. The van der Waals surface area contributed by atoms with Gasteiger partial charge >= 0.3 is 5.97 Å². The zero-order valence-corrected chi connectivity index (χ0v) is 18.1. The first kappa shape index (κ1) is 22.2. The van der Waals surface area contributed by atoms with E-state index >= 15 is 0 Å². The predicted molar refractivity (Wildman–Crippen MR) is 116 cm³/mol. The van der Waals surface area contributed by atoms with Crippen LogP contribution in [0.5, 0.6) is 5.75 Å². The van der Waals surface area contributed by atoms with Crippen molar-refractivity contribution in [3.8, 4) is 5.75 Å². The number of hydrogen-bond donors (Lipinski definition) is 0. The van der Waals surface area contributed by atoms with Crippen LogP contribution >= 0.6 is 11.8 Å². The van der Waals surface area contributed by atoms with Gasteiger partial charge in [-0.3, -0.25) is 19.2 Å². The van der Waals surface area contributed by atoms with Crippen LogP contribution in [0.25, 0.3) is 10.9 Å². The smallest absolute Gasteiger partial charge is 0.308 e. The highest BCUT2D eigenvalue weighted by Crippen LogP contribution is 2.32. The standard InChI is InChI=1S/C22H19FN2O5S/c1-12(26)25(15-7-5-14(23)6-8-15)22(29)19-20(30-13(2)27)17-11-16(31-4)9-10-18(17)24(3)21(19)28/h5-11H,1-4H3. The van der Waals surface area contributed by atoms with Crippen molar-refractivity contribution in [3.05, 3.63) is 64.2 Å². The number of pyridine rings is 1. The lowest BCUT2D eigenvalue weighted by Crippen LogP contribution is -2.40. The van der Waals surface area contributed by atoms with Crippen LogP contribution in [0.4, 0.5) is 10.1 Å². The highest BCUT2D eigenvalue weighted by Gasteiger charge is 2.31. The van der Waals surface area contributed by atoms with Gasteiger partial charge in [-0.2, -0.15) is 0 Å². The van der Waals surface area contributed by atoms with Crippen LogP contribution in [0.2, 0.25) is 0 Å². The third-order valence-electron chi connectivity index (χ3n) is 4.62. The third-order valence-corrected chi connectivity index (χ3v) is 5.34. The van der Waals surface area contributed by atoms with Gasteiger partial charge in [-0.1, -0.05) is 0 Å². The molecule has 3 aromatic rings. The topological polar surface area (TPSA) is 85.7 Å². The number of rotatable bonds is 4. The largest absolute Gasteiger partial charge is 0.425 e. The molecule has 0 saturated heterocycles. The number of ether oxygens (including phenoxy) is 1. The molecule has 0 atom stereocenters. The van der Waals surface area contributed by atoms with E-state index in [1.165, 1.54) is 35.5 Å². The lowest BCUT2D eigenvalue weighted by atomic mass is 10.1. The van der Waals surface area contributed by atoms with Crippen molar-refractivity contribution in [1.82, 2.24) is 4.57 Å². The first-order valence-electron chi connectivity index (χ1n) is 9.15. The maximum atomic E-state index is 13.4. The minimum absolute atomic E-state index is 0.0766. The average Bonchev–Trinajstić information content (AvgIpc) is 2.72. The number of carbonyl (C=O) groups is 3. The lowest BCUT2D eigenvalue weighted by Gasteiger charge is -2.21. The minimum Gasteiger partial charge on any atom is -0.425 e. The molecule has 0 N–H and O–H groups in total. The summed E-state index contributed by atoms with van der Waals surface area (Å²) < 4.78 is 19.9. The number of benzene rings is 2. The number of anilines is 1. The van der Waals surface area contributed by atoms with E-state index < -0.39 is 34.7 Å². The molecule has 7 nitrogen and oxygen atoms in total. The van der Waals surface area contributed by atoms with Gasteiger partial charge in [0.15, 0.2) is 5.75 Å². The highest BCUT2D eigenvalue weighted by atomic mass is 32.2. The summed E-state index contributed by atoms with van der Waals surface area (Å²) in [6, 6.07) is 9.86. The molecule has 1 aromatic heterocycles. The molecule has 0 spiro atoms. The fourth-order valence-electron chi connectivity index (χ4n) is 3.21. The Morgan fingerprint density at radius 3 is 2.26 bits per heavy atom. The molecular formula is C22H19FN2O5S. The number of hydrogen-bond acceptors (Lipinski definition) is 6. The molecule has 1 heterocycles. The summed E-state index contributed by atoms with van der Waals surface area (Å²) in [7, 11) is 1.48. The van der Waals surface area contributed by atoms with Crippen LogP contribution in [-0.4, -0.2) is 28.6 Å². The van der Waals surface area contributed by atoms with Crippen molar-refractivity contribution in [2.75, 3.05) is 11.2 Å². The van der Waals surface area contributed by atoms with E-state index in [9.17, 15) is 23.6 Å². The maximum Gasteiger partial charge on any atom is 0.308 e. The Balaban J connectivity index is 2.35. The van der Waals surface area contributed by atoms with E-state index in [4.69, 9.17) is 4.74 Å². The number of fused-ring (bicyclic) bond motifs is 1. The van der Waals surface area contributed by atoms with Crippen LogP contribution in [-0.2, 0) is 16.6 Å². The zero-order valence-electron chi connectivity index (χ0n) is 17.3. The summed E-state index contributed by atoms with van der Waals surface area (Å²) in [6.07, 6.45) is 1.85. The van der Waals surface area contributed by atoms with Crippen molar-refractivity contribution in [2.45, 2.75) is 18.7 Å². The number of halogens is 1. The van der Waals surface area contributed by atoms with Crippen LogP contribution in [0.3, 0.4) is 0 Å². The Bertz CT molecular complexity index is 1270. The summed E-state index contributed by atoms with van der Waals surface area (Å²) in [6.45, 7) is 2.29. The van der Waals surface area contributed by atoms with Gasteiger partial charge < -0.3 is 9.30 Å². The average molecular weight is 442 g/mol. The molecular weight excluding hydrogens is 423 g/mol. The third kappa shape index (κ3) is 4.22. The summed E-state index contributed by atoms with van der Waals surface area (Å²) in [5.41, 5.74) is -0.679. The fraction of sp³-hybridized carbons (Fsp3) is 0.182. The van der Waals surface area contributed by atoms with E-state index in [-0.39, 0.29) is 11.4 Å². The van der Waals surface area contributed by atoms with Gasteiger partial charge in [0.05, 0.1) is 11.2 Å². The highest BCUT2D eigenvalue weighted by molar-refractivity contribution is 7.98. The molecule has 2 aromatic carbocycles. The monoisotopic (exact) mass is 442 g/mol. The number of amides is 2. The first-order valence-corrected chi connectivity index (χ1v) is 10.4. The summed E-state index contributed by atoms with van der Waals surface area (Å²) >= 11 is 1.43. The van der Waals surface area contributed by atoms with Gasteiger partial charge in [-0.15, -0.1) is 11.8 Å². The maximum absolute atomic E-state index is 13.4. The van der Waals surface area contributed by atoms with Gasteiger partial charge in [0.1, 0.15) is 11.4 Å². The molecule has 0 aliphatic heterocycles. The Morgan fingerprint density at radius 2 is 1.71 bits per heavy atom. The number of imide groups is 1. The number of esters is 1. The van der Waals surface area contributed by atoms with E-state index in [2.05, 4.69) is 0 Å². The Hall–Kier alpha value is -3.46. The molecule has 31 heavy (non-hydrogen) atoms. The van der Waals surface area contributed by atoms with Crippen LogP contribution < -0.4 is 15.2 Å². The minimum atomic E-state index is -0.979. The van der Waals surface area contributed by atoms with Gasteiger partial charge in [0, 0.05) is 31.2 Å². The van der Waals surface area contributed by atoms with E-state index in [1.807, 2.05) is 6.26 Å². The quantitative estimate of drug-likeness (QED) is 0.454. The predicted octanol–water partition coefficient (Wildman–Crippen LogP) is 3.52. The van der Waals surface area contributed by atoms with E-state index in [0.717, 1.165) is 35.8 Å². The van der Waals surface area contributed by atoms with Crippen molar-refractivity contribution >= 4 is 46.1 Å². The fourth-order valence-corrected chi connectivity index (χ4v) is 3.65. The number of nitrogens with zero attached hydrogens (tertiary/aromatic N) is 2. The van der Waals surface area contributed by atoms with Gasteiger partial charge in [0.2, 0.25) is 5.91 Å². The Morgan fingerprint density at radius 1 is 1.06 bits per heavy atom. The molecule has 3 rings (SSSR count). The van der Waals surface area contributed by atoms with Gasteiger partial charge in [-0.05, 0) is 48.7 Å². The Labute approximate surface area is 181 Å². The zero-order chi connectivity index (χ0) is 22.9. The second kappa shape index (κ2) is 8.73. The van der Waals surface area contributed by atoms with Crippen molar-refractivity contribution in [1.29, 1.82) is 0 Å². The summed E-state index contributed by atoms with van der Waals surface area (Å²) in [4.78, 5) is 52.3. The second-order valence-corrected chi connectivity index (χ2v) is 7.56. The molecule has 0 fully saturated rings. The van der Waals surface area contributed by atoms with Crippen LogP contribution in [0.15, 0.2) is 52.2 Å². The molecule has 160 valence electrons. The lowest BCUT2D eigenvalue weighted by molar-refractivity contribution is -0.131. The van der Waals surface area contributed by atoms with Crippen molar-refractivity contribution < 1.29 is 23.5 Å². The summed E-state index contributed by atoms with van der Waals surface area (Å²) in [5, 5.41) is 0.370. The second-order valence-electron chi connectivity index (χ2n) is 6.68. The molecule has 0 saturated carbocycles. The number of carbonyl (C=O) groups excluding carboxylic acids is 3. The summed E-state index contributed by atoms with van der Waals surface area (Å²) in [5.74, 6) is -3.17. The van der Waals surface area contributed by atoms with Gasteiger partial charge in [0.25, 0.3) is 11.5 Å². The molecule has 9 heteroatoms. The molecule has 0 aliphatic carbocycles. The van der Waals surface area contributed by atoms with Gasteiger partial charge in [-0.25, -0.2) is 9.29 Å². The van der Waals surface area contributed by atoms with Crippen LogP contribution in [0, 0.1) is 5.82 Å². The molecule has 2 amide bonds. The Kier molecular flexibility index (Phi) is 6.26. The van der Waals surface area contributed by atoms with Crippen molar-refractivity contribution in [2.24, 2.45) is 7.05 Å². The van der Waals surface area contributed by atoms with Crippen molar-refractivity contribution in [3.63, 3.8) is 0 Å². The molecule has 0 unspecified atom stereocenters. The van der Waals surface area contributed by atoms with E-state index in [0.29, 0.717) is 10.9 Å². The molecule has 0 aliphatic rings. The number of aromatic nitrogens is 1. The molecule has 0 bridgehead atoms. The molecule has 0 radical (unpaired) electrons.